The first-order chi connectivity index (χ1) is 37.7. The van der Waals surface area contributed by atoms with E-state index in [1.54, 1.807) is 55.4 Å². The highest BCUT2D eigenvalue weighted by Gasteiger charge is 2.34. The van der Waals surface area contributed by atoms with Gasteiger partial charge in [-0.2, -0.15) is 0 Å². The molecular weight excluding hydrogens is 1170 g/mol. The highest BCUT2D eigenvalue weighted by Crippen LogP contribution is 2.39. The molecule has 560 valence electrons. The van der Waals surface area contributed by atoms with Crippen molar-refractivity contribution in [2.45, 2.75) is 305 Å². The van der Waals surface area contributed by atoms with Gasteiger partial charge in [0.2, 0.25) is 0 Å². The second-order valence-corrected chi connectivity index (χ2v) is 25.1. The van der Waals surface area contributed by atoms with Crippen molar-refractivity contribution in [1.82, 2.24) is 4.90 Å². The maximum absolute atomic E-state index is 12.4. The van der Waals surface area contributed by atoms with Crippen LogP contribution in [0.25, 0.3) is 0 Å². The third-order valence-electron chi connectivity index (χ3n) is 15.6. The fourth-order valence-corrected chi connectivity index (χ4v) is 7.77. The van der Waals surface area contributed by atoms with Crippen LogP contribution in [-0.2, 0) is 71.3 Å². The first-order valence-electron chi connectivity index (χ1n) is 30.2. The Hall–Kier alpha value is -2.56. The Kier molecular flexibility index (Phi) is 75.7. The zero-order chi connectivity index (χ0) is 60.3. The summed E-state index contributed by atoms with van der Waals surface area (Å²) in [5.74, 6) is -1.41. The van der Waals surface area contributed by atoms with Crippen LogP contribution in [0.4, 0.5) is 0 Å². The van der Waals surface area contributed by atoms with Crippen molar-refractivity contribution in [1.29, 1.82) is 0 Å². The molecule has 19 nitrogen and oxygen atoms in total. The van der Waals surface area contributed by atoms with Crippen molar-refractivity contribution in [3.8, 4) is 0 Å². The number of carbonyl (C=O) groups is 4. The van der Waals surface area contributed by atoms with E-state index >= 15 is 0 Å². The van der Waals surface area contributed by atoms with Gasteiger partial charge in [-0.3, -0.25) is 19.2 Å². The number of ether oxygens (including phenoxy) is 11. The van der Waals surface area contributed by atoms with Crippen LogP contribution in [-0.4, -0.2) is 200 Å². The van der Waals surface area contributed by atoms with Gasteiger partial charge in [-0.25, -0.2) is 0 Å². The average Bonchev–Trinajstić information content (AvgIpc) is 4.27. The quantitative estimate of drug-likeness (QED) is 0.0224. The second-order valence-electron chi connectivity index (χ2n) is 25.1. The zero-order valence-electron chi connectivity index (χ0n) is 52.5. The lowest BCUT2D eigenvalue weighted by Crippen LogP contribution is -2.36. The van der Waals surface area contributed by atoms with Crippen LogP contribution in [0, 0.1) is 27.1 Å². The number of aliphatic hydroxyl groups is 3. The molecule has 0 radical (unpaired) electrons. The van der Waals surface area contributed by atoms with Gasteiger partial charge in [0.1, 0.15) is 56.9 Å². The number of nitrogens with zero attached hydrogens (tertiary/aromatic N) is 1. The molecule has 1 aliphatic carbocycles. The molecule has 2 saturated heterocycles. The Bertz CT molecular complexity index is 1580. The van der Waals surface area contributed by atoms with Crippen LogP contribution < -0.4 is 0 Å². The van der Waals surface area contributed by atoms with Crippen molar-refractivity contribution >= 4 is 23.9 Å². The van der Waals surface area contributed by atoms with Crippen molar-refractivity contribution in [3.63, 3.8) is 0 Å². The SMILES string of the molecule is C.C.C.C.C.C.C.C.C.C.C.CCC(C)(C)C(=O)OCC(COC(=O)C(C)(C)CC)OCC(O)COCCCOCC(O)CC1(C)CCCCC1.CCC(C)(C)C(=O)OCC(COC(=O)C(C)(C)CC)OCC(O)COCCCOCC1CO1.CN1CCCCC1. The maximum Gasteiger partial charge on any atom is 0.311 e. The number of esters is 4. The van der Waals surface area contributed by atoms with Crippen LogP contribution in [0.5, 0.6) is 0 Å². The molecule has 3 N–H and O–H groups in total. The lowest BCUT2D eigenvalue weighted by atomic mass is 9.72. The standard InChI is InChI=1S/C31H58O9.C24H44O9.C6H13N.11CH4/c1-8-29(3,4)27(34)39-22-26(23-40-28(35)30(5,6)9-2)38-21-25(33)20-37-17-13-16-36-19-24(32)18-31(7)14-11-10-12-15-31;1-7-23(3,4)21(26)32-16-20(17-33-22(27)24(5,6)8-2)30-13-18(25)12-28-10-9-11-29-14-19-15-31-19;1-7-5-3-2-4-6-7;;;;;;;;;;;/h24-26,32-33H,8-23H2,1-7H3;18-20,25H,7-17H2,1-6H3;2-6H2,1H3;11*1H4. The minimum atomic E-state index is -0.896. The molecule has 4 atom stereocenters. The maximum atomic E-state index is 12.4. The highest BCUT2D eigenvalue weighted by molar-refractivity contribution is 5.77. The largest absolute Gasteiger partial charge is 0.462 e. The van der Waals surface area contributed by atoms with Crippen molar-refractivity contribution in [2.75, 3.05) is 119 Å². The first kappa shape index (κ1) is 113. The summed E-state index contributed by atoms with van der Waals surface area (Å²) in [5.41, 5.74) is -2.27. The van der Waals surface area contributed by atoms with Gasteiger partial charge in [0.05, 0.1) is 74.0 Å². The predicted molar refractivity (Wildman–Crippen MR) is 381 cm³/mol. The molecule has 19 heteroatoms. The first-order valence-corrected chi connectivity index (χ1v) is 30.2. The van der Waals surface area contributed by atoms with Gasteiger partial charge < -0.3 is 72.3 Å². The fraction of sp³-hybridized carbons (Fsp3) is 0.944. The lowest BCUT2D eigenvalue weighted by Gasteiger charge is -2.35. The average molecular weight is 1330 g/mol. The van der Waals surface area contributed by atoms with Crippen LogP contribution >= 0.6 is 0 Å². The van der Waals surface area contributed by atoms with E-state index in [1.807, 2.05) is 27.7 Å². The molecule has 0 bridgehead atoms. The number of piperidine rings is 1. The molecule has 3 rings (SSSR count). The number of aliphatic hydroxyl groups excluding tert-OH is 3. The van der Waals surface area contributed by atoms with E-state index in [9.17, 15) is 34.5 Å². The van der Waals surface area contributed by atoms with E-state index in [0.29, 0.717) is 71.7 Å². The third-order valence-corrected chi connectivity index (χ3v) is 15.6. The molecule has 3 fully saturated rings. The zero-order valence-corrected chi connectivity index (χ0v) is 52.5. The molecule has 91 heavy (non-hydrogen) atoms. The summed E-state index contributed by atoms with van der Waals surface area (Å²) >= 11 is 0. The Morgan fingerprint density at radius 2 is 0.736 bits per heavy atom. The summed E-state index contributed by atoms with van der Waals surface area (Å²) in [6, 6.07) is 0. The summed E-state index contributed by atoms with van der Waals surface area (Å²) in [5, 5.41) is 30.8. The van der Waals surface area contributed by atoms with Crippen molar-refractivity contribution < 1.29 is 86.6 Å². The van der Waals surface area contributed by atoms with Gasteiger partial charge in [0.25, 0.3) is 0 Å². The van der Waals surface area contributed by atoms with Gasteiger partial charge in [-0.05, 0) is 152 Å². The molecule has 0 aromatic heterocycles. The van der Waals surface area contributed by atoms with E-state index in [-0.39, 0.29) is 170 Å². The monoisotopic (exact) mass is 1330 g/mol. The van der Waals surface area contributed by atoms with Crippen LogP contribution in [0.1, 0.15) is 268 Å². The van der Waals surface area contributed by atoms with Gasteiger partial charge in [-0.15, -0.1) is 0 Å². The Morgan fingerprint density at radius 3 is 1.01 bits per heavy atom. The molecule has 1 saturated carbocycles. The number of hydrogen-bond acceptors (Lipinski definition) is 19. The Morgan fingerprint density at radius 1 is 0.451 bits per heavy atom. The van der Waals surface area contributed by atoms with E-state index < -0.39 is 52.2 Å². The summed E-state index contributed by atoms with van der Waals surface area (Å²) in [7, 11) is 2.19. The summed E-state index contributed by atoms with van der Waals surface area (Å²) in [4.78, 5) is 51.8. The fourth-order valence-electron chi connectivity index (χ4n) is 7.77. The van der Waals surface area contributed by atoms with Gasteiger partial charge in [0, 0.05) is 26.4 Å². The number of rotatable bonds is 40. The van der Waals surface area contributed by atoms with Crippen molar-refractivity contribution in [3.05, 3.63) is 0 Å². The molecule has 0 aromatic rings. The Labute approximate surface area is 564 Å². The van der Waals surface area contributed by atoms with Crippen LogP contribution in [0.15, 0.2) is 0 Å². The van der Waals surface area contributed by atoms with E-state index in [0.717, 1.165) is 19.4 Å². The van der Waals surface area contributed by atoms with Crippen LogP contribution in [0.2, 0.25) is 0 Å². The third kappa shape index (κ3) is 53.3. The number of epoxide rings is 1. The number of hydrogen-bond donors (Lipinski definition) is 3. The smallest absolute Gasteiger partial charge is 0.311 e. The molecule has 2 heterocycles. The molecule has 0 amide bonds. The van der Waals surface area contributed by atoms with Gasteiger partial charge in [0.15, 0.2) is 0 Å². The normalized spacial score (nSPS) is 15.8. The number of likely N-dealkylation sites (tertiary alicyclic amines) is 1. The minimum Gasteiger partial charge on any atom is -0.462 e. The Balaban J connectivity index is -0.000000128. The van der Waals surface area contributed by atoms with Crippen molar-refractivity contribution in [2.24, 2.45) is 27.1 Å². The van der Waals surface area contributed by atoms with Gasteiger partial charge in [-0.1, -0.05) is 142 Å². The summed E-state index contributed by atoms with van der Waals surface area (Å²) in [6.07, 6.45) is 11.7. The predicted octanol–water partition coefficient (Wildman–Crippen LogP) is 15.4. The van der Waals surface area contributed by atoms with Gasteiger partial charge >= 0.3 is 23.9 Å². The van der Waals surface area contributed by atoms with E-state index in [4.69, 9.17) is 52.1 Å². The molecular formula is C72H159NO18. The molecule has 0 aromatic carbocycles. The van der Waals surface area contributed by atoms with Crippen LogP contribution in [0.3, 0.4) is 0 Å². The molecule has 0 spiro atoms. The van der Waals surface area contributed by atoms with E-state index in [1.165, 1.54) is 64.5 Å². The highest BCUT2D eigenvalue weighted by atomic mass is 16.6. The summed E-state index contributed by atoms with van der Waals surface area (Å²) < 4.78 is 60.2. The lowest BCUT2D eigenvalue weighted by molar-refractivity contribution is -0.169. The molecule has 4 unspecified atom stereocenters. The van der Waals surface area contributed by atoms with E-state index in [2.05, 4.69) is 18.9 Å². The summed E-state index contributed by atoms with van der Waals surface area (Å²) in [6.45, 7) is 30.4. The molecule has 3 aliphatic rings. The second kappa shape index (κ2) is 61.1. The number of carbonyl (C=O) groups excluding carboxylic acids is 4. The minimum absolute atomic E-state index is 0. The topological polar surface area (TPSA) is 237 Å². The molecule has 2 aliphatic heterocycles.